The molecule has 0 bridgehead atoms. The van der Waals surface area contributed by atoms with Crippen LogP contribution in [0.3, 0.4) is 0 Å². The Kier molecular flexibility index (Phi) is 39.1. The Labute approximate surface area is 566 Å². The van der Waals surface area contributed by atoms with Gasteiger partial charge in [-0.15, -0.1) is 35.7 Å². The summed E-state index contributed by atoms with van der Waals surface area (Å²) in [5.74, 6) is 1.20. The molecular weight excluding hydrogens is 1250 g/mol. The smallest absolute Gasteiger partial charge is 0.152 e. The molecule has 0 radical (unpaired) electrons. The fourth-order valence-electron chi connectivity index (χ4n) is 11.4. The van der Waals surface area contributed by atoms with Gasteiger partial charge in [0.05, 0.1) is 80.4 Å². The average molecular weight is 1390 g/mol. The Balaban J connectivity index is 0.000000386. The van der Waals surface area contributed by atoms with Crippen molar-refractivity contribution in [2.24, 2.45) is 27.1 Å². The van der Waals surface area contributed by atoms with Crippen molar-refractivity contribution >= 4 is 68.8 Å². The summed E-state index contributed by atoms with van der Waals surface area (Å²) in [5.41, 5.74) is 7.84. The molecule has 6 rings (SSSR count). The maximum Gasteiger partial charge on any atom is 0.152 e. The molecule has 9 nitrogen and oxygen atoms in total. The fourth-order valence-corrected chi connectivity index (χ4v) is 44.4. The summed E-state index contributed by atoms with van der Waals surface area (Å²) in [4.78, 5) is 21.8. The molecule has 6 fully saturated rings. The Bertz CT molecular complexity index is 2270. The molecule has 90 heavy (non-hydrogen) atoms. The zero-order chi connectivity index (χ0) is 68.7. The molecule has 520 valence electrons. The predicted octanol–water partition coefficient (Wildman–Crippen LogP) is 23.8. The lowest BCUT2D eigenvalue weighted by Gasteiger charge is -2.31. The van der Waals surface area contributed by atoms with E-state index in [9.17, 15) is 9.59 Å². The van der Waals surface area contributed by atoms with Crippen LogP contribution in [-0.4, -0.2) is 84.8 Å². The fraction of sp³-hybridized carbons (Fsp3) is 0.784. The number of allylic oxidation sites excluding steroid dienone is 2. The van der Waals surface area contributed by atoms with Gasteiger partial charge in [0.25, 0.3) is 0 Å². The van der Waals surface area contributed by atoms with Gasteiger partial charge in [-0.05, 0) is 198 Å². The molecule has 0 aromatic heterocycles. The molecule has 0 amide bonds. The summed E-state index contributed by atoms with van der Waals surface area (Å²) in [6.07, 6.45) is 29.0. The van der Waals surface area contributed by atoms with Gasteiger partial charge in [0.2, 0.25) is 0 Å². The highest BCUT2D eigenvalue weighted by Gasteiger charge is 2.43. The molecule has 6 heterocycles. The highest BCUT2D eigenvalue weighted by Crippen LogP contribution is 2.98. The van der Waals surface area contributed by atoms with Crippen molar-refractivity contribution in [3.05, 3.63) is 85.3 Å². The van der Waals surface area contributed by atoms with Crippen LogP contribution in [0, 0.1) is 27.1 Å². The monoisotopic (exact) mass is 1380 g/mol. The molecule has 0 aromatic carbocycles. The van der Waals surface area contributed by atoms with Crippen LogP contribution < -0.4 is 0 Å². The lowest BCUT2D eigenvalue weighted by Crippen LogP contribution is -2.29. The number of rotatable bonds is 24. The van der Waals surface area contributed by atoms with Crippen LogP contribution >= 0.6 is 57.2 Å². The number of ketones is 2. The Morgan fingerprint density at radius 1 is 0.556 bits per heavy atom. The molecule has 6 aliphatic rings. The summed E-state index contributed by atoms with van der Waals surface area (Å²) in [6.45, 7) is 65.8. The minimum atomic E-state index is -0.423. The zero-order valence-corrected chi connectivity index (χ0v) is 68.0. The van der Waals surface area contributed by atoms with E-state index in [0.29, 0.717) is 45.7 Å². The Hall–Kier alpha value is 0.0900. The van der Waals surface area contributed by atoms with E-state index in [2.05, 4.69) is 193 Å². The van der Waals surface area contributed by atoms with Gasteiger partial charge in [-0.3, -0.25) is 4.79 Å². The van der Waals surface area contributed by atoms with Crippen molar-refractivity contribution in [2.45, 2.75) is 346 Å². The standard InChI is InChI=1S/C15H24O2.C15H26O2.C15H24O2.C15H28O.C14H33O2P7/c1-10-6-7-13-14(16-10)11(2)12(17-13)8-9-15(3,4)5;2*1-11-10-13(7-6-12(2)16)17-14(11)8-9-15(3,4)5;1-6-7-8-13-11-12(2)14(16-13)9-10-15(3,4)5;1-6-11(16-21(22(17)18)23(19)20)13-9-10(2)12(15-13)7-8-14(3,4)5/h12-14H,1-2,6-9H2,3-5H3;13-14H,1,6-10H2,2-5H3;6-7,13-14H,1,8-10H2,2-5H3;13-14H,2,6-11H2,1,3-5H3;11-13H,2,6-9,17-20H2,1,3-5H3/t12-,13?,14-;3*13-,14-;11?,12-,13+/m00000/s1. The third-order valence-electron chi connectivity index (χ3n) is 17.0. The second-order valence-electron chi connectivity index (χ2n) is 32.5. The summed E-state index contributed by atoms with van der Waals surface area (Å²) in [5, 5.41) is 0. The first kappa shape index (κ1) is 86.2. The molecule has 0 aliphatic carbocycles. The highest BCUT2D eigenvalue weighted by atomic mass is 33.0. The van der Waals surface area contributed by atoms with Gasteiger partial charge in [-0.2, -0.15) is 0 Å². The van der Waals surface area contributed by atoms with Gasteiger partial charge < -0.3 is 37.7 Å². The van der Waals surface area contributed by atoms with E-state index < -0.39 is 7.53 Å². The SMILES string of the molecule is C=C1CCC2O[C@@H](CCC(C)(C)C)C(=C)[C@@H]2O1.C=C1C[C@H](C(CC)OP(P(P)P)P(P)P)O[C@H]1CCC(C)(C)C.C=C1C[C@H](C=CC(C)=O)O[C@H]1CCC(C)(C)C.C=C1C[C@H](CCC(C)=O)O[C@H]1CCC(C)(C)C.C=C1C[C@H](CCCC)O[C@H]1CCC(C)(C)C. The van der Waals surface area contributed by atoms with Gasteiger partial charge in [-0.25, -0.2) is 0 Å². The van der Waals surface area contributed by atoms with E-state index in [-0.39, 0.29) is 86.6 Å². The number of ether oxygens (including phenoxy) is 6. The van der Waals surface area contributed by atoms with Crippen molar-refractivity contribution in [1.29, 1.82) is 0 Å². The molecule has 6 saturated heterocycles. The number of Topliss-reactive ketones (excluding diaryl/α,β-unsaturated/α-hetero) is 1. The van der Waals surface area contributed by atoms with Crippen LogP contribution in [0.1, 0.15) is 273 Å². The predicted molar refractivity (Wildman–Crippen MR) is 408 cm³/mol. The van der Waals surface area contributed by atoms with Crippen molar-refractivity contribution < 1.29 is 42.5 Å². The van der Waals surface area contributed by atoms with E-state index in [1.54, 1.807) is 19.9 Å². The molecule has 0 saturated carbocycles. The van der Waals surface area contributed by atoms with Crippen LogP contribution in [0.15, 0.2) is 85.3 Å². The van der Waals surface area contributed by atoms with Gasteiger partial charge in [0.15, 0.2) is 5.78 Å². The topological polar surface area (TPSA) is 98.8 Å². The molecule has 0 spiro atoms. The van der Waals surface area contributed by atoms with Crippen LogP contribution in [0.4, 0.5) is 0 Å². The maximum atomic E-state index is 10.9. The van der Waals surface area contributed by atoms with E-state index in [0.717, 1.165) is 120 Å². The molecule has 0 aromatic rings. The number of carbonyl (C=O) groups is 2. The van der Waals surface area contributed by atoms with E-state index >= 15 is 0 Å². The first-order chi connectivity index (χ1) is 41.4. The lowest BCUT2D eigenvalue weighted by molar-refractivity contribution is -0.117. The third-order valence-corrected chi connectivity index (χ3v) is 39.5. The average Bonchev–Trinajstić information content (AvgIpc) is 1.77. The third kappa shape index (κ3) is 36.6. The van der Waals surface area contributed by atoms with E-state index in [1.165, 1.54) is 48.8 Å². The summed E-state index contributed by atoms with van der Waals surface area (Å²) in [6, 6.07) is 0. The minimum absolute atomic E-state index is 0.0383. The molecule has 6 unspecified atom stereocenters. The van der Waals surface area contributed by atoms with Gasteiger partial charge in [0, 0.05) is 19.3 Å². The van der Waals surface area contributed by atoms with Crippen molar-refractivity contribution in [1.82, 2.24) is 0 Å². The lowest BCUT2D eigenvalue weighted by atomic mass is 9.87. The number of hydrogen-bond donors (Lipinski definition) is 0. The number of fused-ring (bicyclic) bond motifs is 1. The number of unbranched alkanes of at least 4 members (excludes halogenated alkanes) is 1. The molecule has 0 N–H and O–H groups in total. The molecule has 6 aliphatic heterocycles. The Morgan fingerprint density at radius 3 is 1.38 bits per heavy atom. The summed E-state index contributed by atoms with van der Waals surface area (Å²) in [7, 11) is 11.3. The van der Waals surface area contributed by atoms with Crippen molar-refractivity contribution in [2.75, 3.05) is 0 Å². The van der Waals surface area contributed by atoms with Gasteiger partial charge >= 0.3 is 0 Å². The Morgan fingerprint density at radius 2 is 0.967 bits per heavy atom. The second-order valence-corrected chi connectivity index (χ2v) is 56.1. The largest absolute Gasteiger partial charge is 0.488 e. The summed E-state index contributed by atoms with van der Waals surface area (Å²) < 4.78 is 42.6. The molecule has 16 atom stereocenters. The molecule has 16 heteroatoms. The molecular formula is C74H135O9P7. The number of hydrogen-bond acceptors (Lipinski definition) is 9. The van der Waals surface area contributed by atoms with Gasteiger partial charge in [-0.1, -0.05) is 176 Å². The van der Waals surface area contributed by atoms with E-state index in [1.807, 2.05) is 6.08 Å². The van der Waals surface area contributed by atoms with E-state index in [4.69, 9.17) is 32.9 Å². The van der Waals surface area contributed by atoms with Crippen molar-refractivity contribution in [3.8, 4) is 0 Å². The van der Waals surface area contributed by atoms with Crippen LogP contribution in [0.25, 0.3) is 0 Å². The number of carbonyl (C=O) groups excluding carboxylic acids is 2. The second kappa shape index (κ2) is 40.9. The minimum Gasteiger partial charge on any atom is -0.488 e. The first-order valence-corrected chi connectivity index (χ1v) is 46.0. The van der Waals surface area contributed by atoms with Crippen LogP contribution in [0.5, 0.6) is 0 Å². The quantitative estimate of drug-likeness (QED) is 0.0531. The van der Waals surface area contributed by atoms with Gasteiger partial charge in [0.1, 0.15) is 11.9 Å². The first-order valence-electron chi connectivity index (χ1n) is 34.1. The summed E-state index contributed by atoms with van der Waals surface area (Å²) >= 11 is 0. The van der Waals surface area contributed by atoms with Crippen LogP contribution in [0.2, 0.25) is 0 Å². The zero-order valence-electron chi connectivity index (χ0n) is 60.7. The van der Waals surface area contributed by atoms with Crippen molar-refractivity contribution in [3.63, 3.8) is 0 Å². The normalized spacial score (nSPS) is 26.8. The van der Waals surface area contributed by atoms with Crippen LogP contribution in [-0.2, 0) is 42.5 Å². The maximum absolute atomic E-state index is 10.9. The highest BCUT2D eigenvalue weighted by molar-refractivity contribution is 8.96.